The zero-order chi connectivity index (χ0) is 17.8. The van der Waals surface area contributed by atoms with Crippen LogP contribution in [0, 0.1) is 11.3 Å². The number of rotatable bonds is 1. The van der Waals surface area contributed by atoms with Gasteiger partial charge in [0.15, 0.2) is 0 Å². The maximum atomic E-state index is 12.4. The van der Waals surface area contributed by atoms with Crippen molar-refractivity contribution in [3.8, 4) is 6.07 Å². The molecular weight excluding hydrogens is 312 g/mol. The van der Waals surface area contributed by atoms with E-state index in [1.807, 2.05) is 17.8 Å². The number of amides is 1. The van der Waals surface area contributed by atoms with Crippen LogP contribution < -0.4 is 0 Å². The Morgan fingerprint density at radius 1 is 1.36 bits per heavy atom. The molecule has 2 heterocycles. The van der Waals surface area contributed by atoms with Crippen LogP contribution in [0.1, 0.15) is 42.6 Å². The number of aromatic nitrogens is 2. The molecule has 5 heteroatoms. The summed E-state index contributed by atoms with van der Waals surface area (Å²) in [5.74, 6) is 0.165. The van der Waals surface area contributed by atoms with Crippen molar-refractivity contribution < 1.29 is 4.79 Å². The van der Waals surface area contributed by atoms with Crippen LogP contribution >= 0.6 is 0 Å². The molecule has 0 bridgehead atoms. The molecule has 1 amide bonds. The van der Waals surface area contributed by atoms with Gasteiger partial charge in [-0.3, -0.25) is 9.48 Å². The van der Waals surface area contributed by atoms with Gasteiger partial charge < -0.3 is 4.90 Å². The van der Waals surface area contributed by atoms with E-state index in [9.17, 15) is 10.1 Å². The van der Waals surface area contributed by atoms with Gasteiger partial charge in [-0.05, 0) is 37.8 Å². The lowest BCUT2D eigenvalue weighted by atomic mass is 9.67. The fourth-order valence-electron chi connectivity index (χ4n) is 4.78. The molecule has 0 N–H and O–H groups in total. The van der Waals surface area contributed by atoms with E-state index in [2.05, 4.69) is 37.3 Å². The molecule has 5 nitrogen and oxygen atoms in total. The normalized spacial score (nSPS) is 30.6. The highest BCUT2D eigenvalue weighted by atomic mass is 16.2. The minimum Gasteiger partial charge on any atom is -0.337 e. The zero-order valence-electron chi connectivity index (χ0n) is 14.9. The monoisotopic (exact) mass is 334 g/mol. The molecule has 0 fully saturated rings. The van der Waals surface area contributed by atoms with Crippen molar-refractivity contribution >= 4 is 5.91 Å². The number of allylic oxidation sites excluding steroid dienone is 4. The minimum atomic E-state index is -0.411. The molecule has 4 rings (SSSR count). The van der Waals surface area contributed by atoms with E-state index in [0.29, 0.717) is 5.92 Å². The van der Waals surface area contributed by atoms with Gasteiger partial charge in [0, 0.05) is 31.7 Å². The van der Waals surface area contributed by atoms with Gasteiger partial charge >= 0.3 is 0 Å². The third-order valence-electron chi connectivity index (χ3n) is 5.98. The van der Waals surface area contributed by atoms with E-state index in [1.165, 1.54) is 11.3 Å². The Labute approximate surface area is 147 Å². The second-order valence-electron chi connectivity index (χ2n) is 7.41. The number of nitriles is 1. The molecule has 3 aliphatic rings. The molecule has 1 aliphatic heterocycles. The third-order valence-corrected chi connectivity index (χ3v) is 5.98. The highest BCUT2D eigenvalue weighted by molar-refractivity contribution is 5.99. The first-order valence-corrected chi connectivity index (χ1v) is 8.77. The van der Waals surface area contributed by atoms with Crippen molar-refractivity contribution in [3.63, 3.8) is 0 Å². The maximum absolute atomic E-state index is 12.4. The summed E-state index contributed by atoms with van der Waals surface area (Å²) in [6, 6.07) is 2.12. The van der Waals surface area contributed by atoms with E-state index in [0.717, 1.165) is 25.0 Å². The number of hydrogen-bond acceptors (Lipinski definition) is 3. The van der Waals surface area contributed by atoms with Crippen LogP contribution in [0.4, 0.5) is 0 Å². The fraction of sp³-hybridized carbons (Fsp3) is 0.450. The van der Waals surface area contributed by atoms with E-state index in [1.54, 1.807) is 11.9 Å². The first-order valence-electron chi connectivity index (χ1n) is 8.77. The molecule has 2 aliphatic carbocycles. The van der Waals surface area contributed by atoms with Crippen molar-refractivity contribution in [2.24, 2.45) is 7.05 Å². The summed E-state index contributed by atoms with van der Waals surface area (Å²) in [6.45, 7) is 2.11. The second-order valence-corrected chi connectivity index (χ2v) is 7.41. The van der Waals surface area contributed by atoms with Crippen molar-refractivity contribution in [1.82, 2.24) is 14.7 Å². The highest BCUT2D eigenvalue weighted by Crippen LogP contribution is 2.46. The Kier molecular flexibility index (Phi) is 3.47. The van der Waals surface area contributed by atoms with Gasteiger partial charge in [-0.1, -0.05) is 24.3 Å². The van der Waals surface area contributed by atoms with Crippen LogP contribution in [0.3, 0.4) is 0 Å². The SMILES string of the molecule is CN1C(=O)C(C#N)=C[C@]2(C)c3nn(C)c(C4C=CC=CC4)c3CCC12. The van der Waals surface area contributed by atoms with Crippen molar-refractivity contribution in [2.45, 2.75) is 43.6 Å². The molecule has 25 heavy (non-hydrogen) atoms. The standard InChI is InChI=1S/C20H22N4O/c1-20-11-14(12-21)19(25)23(2)16(20)10-9-15-17(24(3)22-18(15)20)13-7-5-4-6-8-13/h4-7,11,13,16H,8-10H2,1-3H3/t13?,16?,20-/m0/s1. The summed E-state index contributed by atoms with van der Waals surface area (Å²) in [7, 11) is 3.81. The molecule has 0 spiro atoms. The third kappa shape index (κ3) is 2.13. The minimum absolute atomic E-state index is 0.0501. The molecule has 1 aromatic heterocycles. The summed E-state index contributed by atoms with van der Waals surface area (Å²) < 4.78 is 2.00. The molecule has 0 radical (unpaired) electrons. The quantitative estimate of drug-likeness (QED) is 0.793. The van der Waals surface area contributed by atoms with E-state index in [-0.39, 0.29) is 17.5 Å². The predicted molar refractivity (Wildman–Crippen MR) is 94.8 cm³/mol. The molecular formula is C20H22N4O. The maximum Gasteiger partial charge on any atom is 0.264 e. The number of nitrogens with zero attached hydrogens (tertiary/aromatic N) is 4. The first-order chi connectivity index (χ1) is 12.0. The van der Waals surface area contributed by atoms with E-state index in [4.69, 9.17) is 5.10 Å². The van der Waals surface area contributed by atoms with Gasteiger partial charge in [0.2, 0.25) is 0 Å². The largest absolute Gasteiger partial charge is 0.337 e. The van der Waals surface area contributed by atoms with Gasteiger partial charge in [0.25, 0.3) is 5.91 Å². The van der Waals surface area contributed by atoms with Crippen molar-refractivity contribution in [2.75, 3.05) is 7.05 Å². The zero-order valence-corrected chi connectivity index (χ0v) is 14.9. The average molecular weight is 334 g/mol. The Bertz CT molecular complexity index is 882. The molecule has 3 atom stereocenters. The van der Waals surface area contributed by atoms with Gasteiger partial charge in [0.1, 0.15) is 11.6 Å². The summed E-state index contributed by atoms with van der Waals surface area (Å²) >= 11 is 0. The Hall–Kier alpha value is -2.61. The number of carbonyl (C=O) groups is 1. The average Bonchev–Trinajstić information content (AvgIpc) is 2.96. The number of carbonyl (C=O) groups excluding carboxylic acids is 1. The van der Waals surface area contributed by atoms with Gasteiger partial charge in [-0.2, -0.15) is 10.4 Å². The Morgan fingerprint density at radius 3 is 2.84 bits per heavy atom. The van der Waals surface area contributed by atoms with Crippen LogP contribution in [0.2, 0.25) is 0 Å². The molecule has 0 aromatic carbocycles. The van der Waals surface area contributed by atoms with Crippen molar-refractivity contribution in [1.29, 1.82) is 5.26 Å². The molecule has 128 valence electrons. The van der Waals surface area contributed by atoms with Gasteiger partial charge in [0.05, 0.1) is 11.1 Å². The van der Waals surface area contributed by atoms with Crippen LogP contribution in [-0.2, 0) is 23.7 Å². The smallest absolute Gasteiger partial charge is 0.264 e. The second kappa shape index (κ2) is 5.45. The number of hydrogen-bond donors (Lipinski definition) is 0. The van der Waals surface area contributed by atoms with Gasteiger partial charge in [-0.25, -0.2) is 0 Å². The predicted octanol–water partition coefficient (Wildman–Crippen LogP) is 2.51. The molecule has 0 saturated carbocycles. The fourth-order valence-corrected chi connectivity index (χ4v) is 4.78. The lowest BCUT2D eigenvalue weighted by Gasteiger charge is -2.46. The number of aryl methyl sites for hydroxylation is 1. The van der Waals surface area contributed by atoms with Crippen molar-refractivity contribution in [3.05, 3.63) is 52.9 Å². The summed E-state index contributed by atoms with van der Waals surface area (Å²) in [6.07, 6.45) is 13.3. The van der Waals surface area contributed by atoms with Crippen LogP contribution in [-0.4, -0.2) is 33.7 Å². The highest BCUT2D eigenvalue weighted by Gasteiger charge is 2.49. The Balaban J connectivity index is 1.88. The lowest BCUT2D eigenvalue weighted by molar-refractivity contribution is -0.130. The number of likely N-dealkylation sites (N-methyl/N-ethyl adjacent to an activating group) is 1. The van der Waals surface area contributed by atoms with Crippen LogP contribution in [0.15, 0.2) is 36.0 Å². The Morgan fingerprint density at radius 2 is 2.16 bits per heavy atom. The van der Waals surface area contributed by atoms with Gasteiger partial charge in [-0.15, -0.1) is 0 Å². The van der Waals surface area contributed by atoms with Crippen LogP contribution in [0.25, 0.3) is 0 Å². The summed E-state index contributed by atoms with van der Waals surface area (Å²) in [5.41, 5.74) is 3.40. The number of fused-ring (bicyclic) bond motifs is 3. The molecule has 2 unspecified atom stereocenters. The summed E-state index contributed by atoms with van der Waals surface area (Å²) in [5, 5.41) is 14.3. The van der Waals surface area contributed by atoms with E-state index < -0.39 is 5.41 Å². The lowest BCUT2D eigenvalue weighted by Crippen LogP contribution is -2.55. The van der Waals surface area contributed by atoms with E-state index >= 15 is 0 Å². The van der Waals surface area contributed by atoms with Crippen LogP contribution in [0.5, 0.6) is 0 Å². The summed E-state index contributed by atoms with van der Waals surface area (Å²) in [4.78, 5) is 14.1. The molecule has 0 saturated heterocycles. The topological polar surface area (TPSA) is 61.9 Å². The first kappa shape index (κ1) is 15.9. The molecule has 1 aromatic rings.